The van der Waals surface area contributed by atoms with Gasteiger partial charge in [0, 0.05) is 11.4 Å². The van der Waals surface area contributed by atoms with E-state index in [-0.39, 0.29) is 12.1 Å². The summed E-state index contributed by atoms with van der Waals surface area (Å²) in [7, 11) is 0. The molecule has 3 nitrogen and oxygen atoms in total. The van der Waals surface area contributed by atoms with Crippen molar-refractivity contribution in [2.24, 2.45) is 5.92 Å². The minimum atomic E-state index is -0.126. The molecule has 1 aromatic heterocycles. The van der Waals surface area contributed by atoms with Crippen LogP contribution in [0.3, 0.4) is 0 Å². The molecule has 19 heavy (non-hydrogen) atoms. The van der Waals surface area contributed by atoms with Gasteiger partial charge in [-0.1, -0.05) is 6.92 Å². The molecule has 0 amide bonds. The predicted molar refractivity (Wildman–Crippen MR) is 80.7 cm³/mol. The summed E-state index contributed by atoms with van der Waals surface area (Å²) in [5, 5.41) is 14.4. The monoisotopic (exact) mass is 280 g/mol. The Hall–Kier alpha value is -0.580. The van der Waals surface area contributed by atoms with Gasteiger partial charge in [0.1, 0.15) is 0 Å². The lowest BCUT2D eigenvalue weighted by Crippen LogP contribution is -2.52. The second-order valence-corrected chi connectivity index (χ2v) is 6.53. The first-order valence-corrected chi connectivity index (χ1v) is 8.02. The Kier molecular flexibility index (Phi) is 4.87. The fourth-order valence-corrected chi connectivity index (χ4v) is 3.93. The van der Waals surface area contributed by atoms with Crippen LogP contribution in [-0.4, -0.2) is 34.5 Å². The second-order valence-electron chi connectivity index (χ2n) is 5.53. The summed E-state index contributed by atoms with van der Waals surface area (Å²) in [6, 6.07) is 4.22. The number of aliphatic hydroxyl groups excluding tert-OH is 1. The van der Waals surface area contributed by atoms with Gasteiger partial charge in [0.05, 0.1) is 17.2 Å². The van der Waals surface area contributed by atoms with Gasteiger partial charge in [-0.2, -0.15) is 0 Å². The number of hydrogen-bond donors (Lipinski definition) is 2. The highest BCUT2D eigenvalue weighted by Crippen LogP contribution is 2.42. The molecule has 0 saturated heterocycles. The van der Waals surface area contributed by atoms with E-state index in [2.05, 4.69) is 36.3 Å². The van der Waals surface area contributed by atoms with Crippen LogP contribution in [0.1, 0.15) is 31.0 Å². The maximum Gasteiger partial charge on any atom is 0.0966 e. The van der Waals surface area contributed by atoms with Crippen molar-refractivity contribution in [2.75, 3.05) is 18.9 Å². The average molecular weight is 280 g/mol. The third-order valence-electron chi connectivity index (χ3n) is 3.72. The molecule has 1 heterocycles. The molecule has 106 valence electrons. The zero-order chi connectivity index (χ0) is 13.9. The van der Waals surface area contributed by atoms with Crippen molar-refractivity contribution >= 4 is 11.8 Å². The van der Waals surface area contributed by atoms with Gasteiger partial charge >= 0.3 is 0 Å². The normalized spacial score (nSPS) is 18.3. The van der Waals surface area contributed by atoms with Crippen molar-refractivity contribution in [3.8, 4) is 0 Å². The number of aromatic nitrogens is 1. The van der Waals surface area contributed by atoms with Crippen molar-refractivity contribution in [3.05, 3.63) is 23.4 Å². The van der Waals surface area contributed by atoms with E-state index in [0.29, 0.717) is 5.92 Å². The van der Waals surface area contributed by atoms with Gasteiger partial charge in [-0.25, -0.2) is 4.98 Å². The molecule has 2 rings (SSSR count). The first kappa shape index (κ1) is 14.8. The van der Waals surface area contributed by atoms with E-state index in [1.54, 1.807) is 11.8 Å². The van der Waals surface area contributed by atoms with Crippen LogP contribution in [0.15, 0.2) is 17.2 Å². The standard InChI is InChI=1S/C15H24N2OS/c1-4-16-15(9-18,13-5-6-13)10-19-14-8-11(2)7-12(3)17-14/h7-8,13,16,18H,4-6,9-10H2,1-3H3. The number of pyridine rings is 1. The van der Waals surface area contributed by atoms with E-state index in [9.17, 15) is 5.11 Å². The highest BCUT2D eigenvalue weighted by molar-refractivity contribution is 7.99. The third-order valence-corrected chi connectivity index (χ3v) is 4.89. The molecule has 1 saturated carbocycles. The molecule has 2 N–H and O–H groups in total. The minimum Gasteiger partial charge on any atom is -0.394 e. The molecule has 0 aliphatic heterocycles. The van der Waals surface area contributed by atoms with Crippen molar-refractivity contribution in [1.82, 2.24) is 10.3 Å². The maximum atomic E-state index is 9.81. The third kappa shape index (κ3) is 3.71. The van der Waals surface area contributed by atoms with Gasteiger partial charge in [-0.05, 0) is 56.8 Å². The van der Waals surface area contributed by atoms with Gasteiger partial charge in [0.25, 0.3) is 0 Å². The van der Waals surface area contributed by atoms with Crippen LogP contribution in [0.4, 0.5) is 0 Å². The number of aliphatic hydroxyl groups is 1. The van der Waals surface area contributed by atoms with E-state index in [1.807, 2.05) is 6.92 Å². The number of nitrogens with one attached hydrogen (secondary N) is 1. The minimum absolute atomic E-state index is 0.126. The Morgan fingerprint density at radius 1 is 1.42 bits per heavy atom. The van der Waals surface area contributed by atoms with E-state index in [1.165, 1.54) is 18.4 Å². The summed E-state index contributed by atoms with van der Waals surface area (Å²) in [6.45, 7) is 7.35. The van der Waals surface area contributed by atoms with Crippen molar-refractivity contribution in [2.45, 2.75) is 44.2 Å². The Morgan fingerprint density at radius 2 is 2.16 bits per heavy atom. The summed E-state index contributed by atoms with van der Waals surface area (Å²) in [5.74, 6) is 1.51. The molecule has 0 aromatic carbocycles. The molecule has 1 aromatic rings. The molecule has 4 heteroatoms. The highest BCUT2D eigenvalue weighted by Gasteiger charge is 2.44. The first-order chi connectivity index (χ1) is 9.09. The second kappa shape index (κ2) is 6.25. The van der Waals surface area contributed by atoms with Crippen molar-refractivity contribution < 1.29 is 5.11 Å². The molecule has 1 atom stereocenters. The first-order valence-electron chi connectivity index (χ1n) is 7.03. The quantitative estimate of drug-likeness (QED) is 0.754. The Bertz CT molecular complexity index is 414. The summed E-state index contributed by atoms with van der Waals surface area (Å²) < 4.78 is 0. The molecule has 0 bridgehead atoms. The van der Waals surface area contributed by atoms with Crippen LogP contribution in [0.2, 0.25) is 0 Å². The number of rotatable bonds is 7. The average Bonchev–Trinajstić information content (AvgIpc) is 3.18. The fraction of sp³-hybridized carbons (Fsp3) is 0.667. The zero-order valence-corrected chi connectivity index (χ0v) is 12.9. The van der Waals surface area contributed by atoms with E-state index in [4.69, 9.17) is 0 Å². The molecular weight excluding hydrogens is 256 g/mol. The van der Waals surface area contributed by atoms with Gasteiger partial charge in [-0.15, -0.1) is 11.8 Å². The van der Waals surface area contributed by atoms with Crippen LogP contribution in [-0.2, 0) is 0 Å². The lowest BCUT2D eigenvalue weighted by Gasteiger charge is -2.32. The van der Waals surface area contributed by atoms with Gasteiger partial charge in [0.15, 0.2) is 0 Å². The summed E-state index contributed by atoms with van der Waals surface area (Å²) in [6.07, 6.45) is 2.46. The number of likely N-dealkylation sites (N-methyl/N-ethyl adjacent to an activating group) is 1. The van der Waals surface area contributed by atoms with Gasteiger partial charge < -0.3 is 10.4 Å². The molecule has 1 aliphatic carbocycles. The topological polar surface area (TPSA) is 45.1 Å². The van der Waals surface area contributed by atoms with Crippen LogP contribution < -0.4 is 5.32 Å². The van der Waals surface area contributed by atoms with E-state index in [0.717, 1.165) is 23.0 Å². The number of nitrogens with zero attached hydrogens (tertiary/aromatic N) is 1. The Morgan fingerprint density at radius 3 is 2.68 bits per heavy atom. The number of aryl methyl sites for hydroxylation is 2. The lowest BCUT2D eigenvalue weighted by atomic mass is 9.97. The van der Waals surface area contributed by atoms with Crippen LogP contribution in [0.5, 0.6) is 0 Å². The highest BCUT2D eigenvalue weighted by atomic mass is 32.2. The van der Waals surface area contributed by atoms with Gasteiger partial charge in [-0.3, -0.25) is 0 Å². The Labute approximate surface area is 120 Å². The number of hydrogen-bond acceptors (Lipinski definition) is 4. The number of thioether (sulfide) groups is 1. The zero-order valence-electron chi connectivity index (χ0n) is 12.1. The summed E-state index contributed by atoms with van der Waals surface area (Å²) in [5.41, 5.74) is 2.19. The summed E-state index contributed by atoms with van der Waals surface area (Å²) >= 11 is 1.75. The van der Waals surface area contributed by atoms with E-state index < -0.39 is 0 Å². The summed E-state index contributed by atoms with van der Waals surface area (Å²) in [4.78, 5) is 4.56. The lowest BCUT2D eigenvalue weighted by molar-refractivity contribution is 0.161. The molecule has 1 unspecified atom stereocenters. The predicted octanol–water partition coefficient (Wildman–Crippen LogP) is 2.54. The molecule has 1 aliphatic rings. The smallest absolute Gasteiger partial charge is 0.0966 e. The molecule has 0 radical (unpaired) electrons. The van der Waals surface area contributed by atoms with Gasteiger partial charge in [0.2, 0.25) is 0 Å². The largest absolute Gasteiger partial charge is 0.394 e. The van der Waals surface area contributed by atoms with Crippen LogP contribution in [0, 0.1) is 19.8 Å². The Balaban J connectivity index is 2.05. The SMILES string of the molecule is CCNC(CO)(CSc1cc(C)cc(C)n1)C1CC1. The maximum absolute atomic E-state index is 9.81. The molecule has 0 spiro atoms. The fourth-order valence-electron chi connectivity index (χ4n) is 2.61. The van der Waals surface area contributed by atoms with Crippen LogP contribution >= 0.6 is 11.8 Å². The molecular formula is C15H24N2OS. The van der Waals surface area contributed by atoms with Crippen molar-refractivity contribution in [1.29, 1.82) is 0 Å². The van der Waals surface area contributed by atoms with E-state index >= 15 is 0 Å². The van der Waals surface area contributed by atoms with Crippen molar-refractivity contribution in [3.63, 3.8) is 0 Å². The molecule has 1 fully saturated rings. The van der Waals surface area contributed by atoms with Crippen LogP contribution in [0.25, 0.3) is 0 Å².